The Balaban J connectivity index is 1.77. The summed E-state index contributed by atoms with van der Waals surface area (Å²) in [4.78, 5) is 22.5. The van der Waals surface area contributed by atoms with Crippen molar-refractivity contribution in [1.82, 2.24) is 9.91 Å². The van der Waals surface area contributed by atoms with Gasteiger partial charge in [0, 0.05) is 31.8 Å². The number of hydrazine groups is 1. The standard InChI is InChI=1S/C17H24N6O/c1-2-16-21-17-13(7-6-12-23(17)19)20-10-9-14(17)22(16)11-5-3-4-8-15(18)24/h6-7,9-10,12H,2-5,8,11,19H2,1H3,(H2,18,24). The molecule has 0 saturated carbocycles. The average Bonchev–Trinajstić information content (AvgIpc) is 2.89. The van der Waals surface area contributed by atoms with Gasteiger partial charge < -0.3 is 10.6 Å². The van der Waals surface area contributed by atoms with Crippen LogP contribution in [-0.4, -0.2) is 40.1 Å². The van der Waals surface area contributed by atoms with E-state index in [0.717, 1.165) is 49.5 Å². The zero-order valence-corrected chi connectivity index (χ0v) is 14.0. The van der Waals surface area contributed by atoms with Crippen LogP contribution in [-0.2, 0) is 4.79 Å². The summed E-state index contributed by atoms with van der Waals surface area (Å²) >= 11 is 0. The lowest BCUT2D eigenvalue weighted by atomic mass is 9.97. The molecule has 0 fully saturated rings. The number of carbonyl (C=O) groups excluding carboxylic acids is 1. The number of rotatable bonds is 7. The predicted octanol–water partition coefficient (Wildman–Crippen LogP) is 1.41. The maximum atomic E-state index is 10.8. The van der Waals surface area contributed by atoms with E-state index in [1.807, 2.05) is 24.4 Å². The highest BCUT2D eigenvalue weighted by Gasteiger charge is 2.51. The second-order valence-corrected chi connectivity index (χ2v) is 6.11. The molecule has 1 spiro atoms. The van der Waals surface area contributed by atoms with Gasteiger partial charge in [0.1, 0.15) is 5.84 Å². The minimum absolute atomic E-state index is 0.236. The van der Waals surface area contributed by atoms with Gasteiger partial charge in [0.2, 0.25) is 11.6 Å². The second kappa shape index (κ2) is 6.60. The van der Waals surface area contributed by atoms with E-state index in [9.17, 15) is 4.79 Å². The van der Waals surface area contributed by atoms with E-state index >= 15 is 0 Å². The first-order chi connectivity index (χ1) is 11.6. The Labute approximate surface area is 142 Å². The quantitative estimate of drug-likeness (QED) is 0.545. The summed E-state index contributed by atoms with van der Waals surface area (Å²) < 4.78 is 0. The maximum absolute atomic E-state index is 10.8. The number of amidine groups is 1. The van der Waals surface area contributed by atoms with Gasteiger partial charge in [-0.15, -0.1) is 0 Å². The Morgan fingerprint density at radius 3 is 2.88 bits per heavy atom. The number of hydrogen-bond acceptors (Lipinski definition) is 6. The van der Waals surface area contributed by atoms with E-state index in [4.69, 9.17) is 16.6 Å². The van der Waals surface area contributed by atoms with Gasteiger partial charge in [0.05, 0.1) is 11.4 Å². The van der Waals surface area contributed by atoms with Crippen molar-refractivity contribution < 1.29 is 4.79 Å². The molecule has 1 atom stereocenters. The van der Waals surface area contributed by atoms with Crippen LogP contribution in [0.15, 0.2) is 45.8 Å². The van der Waals surface area contributed by atoms with Gasteiger partial charge in [-0.3, -0.25) is 14.8 Å². The Hall–Kier alpha value is -2.41. The van der Waals surface area contributed by atoms with Gasteiger partial charge in [0.15, 0.2) is 0 Å². The number of unbranched alkanes of at least 4 members (excludes halogenated alkanes) is 2. The van der Waals surface area contributed by atoms with Crippen LogP contribution in [0.4, 0.5) is 0 Å². The summed E-state index contributed by atoms with van der Waals surface area (Å²) in [6.45, 7) is 2.94. The minimum atomic E-state index is -0.734. The lowest BCUT2D eigenvalue weighted by Gasteiger charge is -2.40. The van der Waals surface area contributed by atoms with E-state index in [-0.39, 0.29) is 5.91 Å². The van der Waals surface area contributed by atoms with Crippen molar-refractivity contribution in [3.63, 3.8) is 0 Å². The van der Waals surface area contributed by atoms with Crippen molar-refractivity contribution in [2.75, 3.05) is 6.54 Å². The molecule has 3 aliphatic heterocycles. The highest BCUT2D eigenvalue weighted by Crippen LogP contribution is 2.44. The molecule has 7 heteroatoms. The van der Waals surface area contributed by atoms with Crippen LogP contribution < -0.4 is 11.6 Å². The summed E-state index contributed by atoms with van der Waals surface area (Å²) in [5.74, 6) is 7.04. The third-order valence-electron chi connectivity index (χ3n) is 4.55. The number of dihydropyridines is 1. The number of allylic oxidation sites excluding steroid dienone is 3. The number of primary amides is 1. The topological polar surface area (TPSA) is 100 Å². The van der Waals surface area contributed by atoms with E-state index < -0.39 is 5.66 Å². The third kappa shape index (κ3) is 2.65. The molecule has 3 aliphatic rings. The summed E-state index contributed by atoms with van der Waals surface area (Å²) in [6, 6.07) is 0. The highest BCUT2D eigenvalue weighted by molar-refractivity contribution is 5.91. The first kappa shape index (κ1) is 16.4. The molecule has 0 aromatic heterocycles. The first-order valence-electron chi connectivity index (χ1n) is 8.42. The van der Waals surface area contributed by atoms with Crippen LogP contribution in [0.25, 0.3) is 0 Å². The summed E-state index contributed by atoms with van der Waals surface area (Å²) in [5, 5.41) is 1.63. The lowest BCUT2D eigenvalue weighted by molar-refractivity contribution is -0.118. The largest absolute Gasteiger partial charge is 0.370 e. The Kier molecular flexibility index (Phi) is 4.53. The van der Waals surface area contributed by atoms with Gasteiger partial charge in [-0.05, 0) is 31.1 Å². The smallest absolute Gasteiger partial charge is 0.230 e. The van der Waals surface area contributed by atoms with Crippen molar-refractivity contribution in [1.29, 1.82) is 0 Å². The number of hydrogen-bond donors (Lipinski definition) is 2. The van der Waals surface area contributed by atoms with Crippen LogP contribution in [0.3, 0.4) is 0 Å². The van der Waals surface area contributed by atoms with Crippen molar-refractivity contribution in [2.24, 2.45) is 21.6 Å². The molecular formula is C17H24N6O. The number of aliphatic imine (C=N–C) groups is 2. The van der Waals surface area contributed by atoms with Gasteiger partial charge >= 0.3 is 0 Å². The summed E-state index contributed by atoms with van der Waals surface area (Å²) in [7, 11) is 0. The zero-order chi connectivity index (χ0) is 17.2. The molecule has 0 aliphatic carbocycles. The number of carbonyl (C=O) groups is 1. The number of nitrogens with zero attached hydrogens (tertiary/aromatic N) is 4. The summed E-state index contributed by atoms with van der Waals surface area (Å²) in [5.41, 5.74) is 6.34. The first-order valence-corrected chi connectivity index (χ1v) is 8.42. The fourth-order valence-corrected chi connectivity index (χ4v) is 3.39. The van der Waals surface area contributed by atoms with Gasteiger partial charge in [0.25, 0.3) is 0 Å². The van der Waals surface area contributed by atoms with Crippen molar-refractivity contribution >= 4 is 18.0 Å². The second-order valence-electron chi connectivity index (χ2n) is 6.11. The predicted molar refractivity (Wildman–Crippen MR) is 94.6 cm³/mol. The lowest BCUT2D eigenvalue weighted by Crippen LogP contribution is -2.53. The molecule has 4 N–H and O–H groups in total. The van der Waals surface area contributed by atoms with Crippen LogP contribution in [0.5, 0.6) is 0 Å². The van der Waals surface area contributed by atoms with E-state index in [0.29, 0.717) is 6.42 Å². The Morgan fingerprint density at radius 1 is 1.29 bits per heavy atom. The average molecular weight is 328 g/mol. The van der Waals surface area contributed by atoms with Crippen molar-refractivity contribution in [3.05, 3.63) is 35.8 Å². The van der Waals surface area contributed by atoms with Crippen LogP contribution >= 0.6 is 0 Å². The molecule has 1 unspecified atom stereocenters. The Morgan fingerprint density at radius 2 is 2.12 bits per heavy atom. The molecule has 0 aromatic rings. The van der Waals surface area contributed by atoms with Gasteiger partial charge in [-0.25, -0.2) is 10.8 Å². The zero-order valence-electron chi connectivity index (χ0n) is 14.0. The highest BCUT2D eigenvalue weighted by atomic mass is 16.1. The minimum Gasteiger partial charge on any atom is -0.370 e. The van der Waals surface area contributed by atoms with Crippen molar-refractivity contribution in [3.8, 4) is 0 Å². The van der Waals surface area contributed by atoms with E-state index in [2.05, 4.69) is 16.8 Å². The fraction of sp³-hybridized carbons (Fsp3) is 0.471. The molecule has 24 heavy (non-hydrogen) atoms. The third-order valence-corrected chi connectivity index (χ3v) is 4.55. The fourth-order valence-electron chi connectivity index (χ4n) is 3.39. The van der Waals surface area contributed by atoms with E-state index in [1.54, 1.807) is 11.2 Å². The number of amides is 1. The summed E-state index contributed by atoms with van der Waals surface area (Å²) in [6.07, 6.45) is 13.5. The number of nitrogens with two attached hydrogens (primary N) is 2. The molecule has 0 saturated heterocycles. The van der Waals surface area contributed by atoms with Crippen LogP contribution in [0, 0.1) is 0 Å². The molecular weight excluding hydrogens is 304 g/mol. The van der Waals surface area contributed by atoms with E-state index in [1.165, 1.54) is 0 Å². The molecule has 3 rings (SSSR count). The monoisotopic (exact) mass is 328 g/mol. The molecule has 0 aromatic carbocycles. The molecule has 3 heterocycles. The van der Waals surface area contributed by atoms with Gasteiger partial charge in [-0.2, -0.15) is 0 Å². The molecule has 1 amide bonds. The molecule has 0 radical (unpaired) electrons. The Bertz CT molecular complexity index is 675. The van der Waals surface area contributed by atoms with Crippen LogP contribution in [0.1, 0.15) is 39.0 Å². The normalized spacial score (nSPS) is 24.3. The maximum Gasteiger partial charge on any atom is 0.230 e. The molecule has 128 valence electrons. The molecule has 7 nitrogen and oxygen atoms in total. The van der Waals surface area contributed by atoms with Crippen molar-refractivity contribution in [2.45, 2.75) is 44.7 Å². The van der Waals surface area contributed by atoms with Gasteiger partial charge in [-0.1, -0.05) is 13.3 Å². The molecule has 0 bridgehead atoms. The SMILES string of the molecule is CCC1=NC23C(=CC=CN2N)N=CC=C3N1CCCCCC(N)=O. The van der Waals surface area contributed by atoms with Crippen LogP contribution in [0.2, 0.25) is 0 Å².